The summed E-state index contributed by atoms with van der Waals surface area (Å²) in [6.07, 6.45) is 3.52. The van der Waals surface area contributed by atoms with Gasteiger partial charge in [-0.15, -0.1) is 0 Å². The van der Waals surface area contributed by atoms with E-state index in [0.717, 1.165) is 57.5 Å². The minimum Gasteiger partial charge on any atom is -0.369 e. The van der Waals surface area contributed by atoms with Gasteiger partial charge in [-0.2, -0.15) is 0 Å². The smallest absolute Gasteiger partial charge is 0.323 e. The van der Waals surface area contributed by atoms with E-state index in [0.29, 0.717) is 30.3 Å². The maximum absolute atomic E-state index is 11.9. The molecular weight excluding hydrogens is 378 g/mol. The molecule has 1 spiro atoms. The van der Waals surface area contributed by atoms with Crippen LogP contribution in [0, 0.1) is 16.0 Å². The summed E-state index contributed by atoms with van der Waals surface area (Å²) in [4.78, 5) is 15.8. The number of hydrogen-bond donors (Lipinski definition) is 0. The molecule has 0 N–H and O–H groups in total. The Bertz CT molecular complexity index is 907. The van der Waals surface area contributed by atoms with Crippen molar-refractivity contribution in [3.8, 4) is 0 Å². The molecule has 3 fully saturated rings. The molecule has 1 aromatic heterocycles. The molecule has 5 rings (SSSR count). The fourth-order valence-corrected chi connectivity index (χ4v) is 4.69. The van der Waals surface area contributed by atoms with Gasteiger partial charge >= 0.3 is 5.69 Å². The predicted octanol–water partition coefficient (Wildman–Crippen LogP) is 2.71. The lowest BCUT2D eigenvalue weighted by Gasteiger charge is -2.39. The molecule has 4 heterocycles. The minimum atomic E-state index is -0.482. The molecule has 3 aliphatic heterocycles. The summed E-state index contributed by atoms with van der Waals surface area (Å²) in [5.74, 6) is 0.150. The van der Waals surface area contributed by atoms with Crippen LogP contribution in [-0.4, -0.2) is 60.4 Å². The third kappa shape index (κ3) is 3.20. The highest BCUT2D eigenvalue weighted by Crippen LogP contribution is 2.43. The molecule has 0 aliphatic carbocycles. The van der Waals surface area contributed by atoms with Crippen LogP contribution in [0.3, 0.4) is 0 Å². The summed E-state index contributed by atoms with van der Waals surface area (Å²) in [6.45, 7) is 6.51. The highest BCUT2D eigenvalue weighted by Gasteiger charge is 2.41. The fourth-order valence-electron chi connectivity index (χ4n) is 4.69. The molecule has 1 aromatic carbocycles. The van der Waals surface area contributed by atoms with E-state index in [1.165, 1.54) is 0 Å². The summed E-state index contributed by atoms with van der Waals surface area (Å²) in [6, 6.07) is 1.90. The summed E-state index contributed by atoms with van der Waals surface area (Å²) in [5.41, 5.74) is 2.07. The molecular formula is C19H25N5O5. The van der Waals surface area contributed by atoms with Crippen molar-refractivity contribution >= 4 is 28.1 Å². The summed E-state index contributed by atoms with van der Waals surface area (Å²) < 4.78 is 16.6. The highest BCUT2D eigenvalue weighted by molar-refractivity contribution is 6.00. The van der Waals surface area contributed by atoms with Crippen LogP contribution in [0.25, 0.3) is 11.0 Å². The van der Waals surface area contributed by atoms with Gasteiger partial charge in [-0.25, -0.2) is 4.63 Å². The quantitative estimate of drug-likeness (QED) is 0.564. The SMILES string of the molecule is CC1CCN(c2cc(N3CCC4(CC3)OCCO4)c3nonc3c2[N+](=O)[O-])CC1. The van der Waals surface area contributed by atoms with Gasteiger partial charge < -0.3 is 19.3 Å². The van der Waals surface area contributed by atoms with Crippen LogP contribution in [0.2, 0.25) is 0 Å². The van der Waals surface area contributed by atoms with Crippen LogP contribution in [0.1, 0.15) is 32.6 Å². The van der Waals surface area contributed by atoms with Crippen LogP contribution in [0.15, 0.2) is 10.7 Å². The molecule has 29 heavy (non-hydrogen) atoms. The third-order valence-electron chi connectivity index (χ3n) is 6.46. The van der Waals surface area contributed by atoms with Gasteiger partial charge in [0.2, 0.25) is 5.52 Å². The van der Waals surface area contributed by atoms with Gasteiger partial charge in [0.25, 0.3) is 0 Å². The Balaban J connectivity index is 1.53. The first-order valence-electron chi connectivity index (χ1n) is 10.3. The number of ether oxygens (including phenoxy) is 2. The first-order chi connectivity index (χ1) is 14.1. The number of piperidine rings is 2. The topological polar surface area (TPSA) is 107 Å². The minimum absolute atomic E-state index is 0.0181. The zero-order valence-corrected chi connectivity index (χ0v) is 16.5. The standard InChI is InChI=1S/C19H25N5O5/c1-13-2-6-22(7-3-13)15-12-14(16-17(21-29-20-16)18(15)24(25)26)23-8-4-19(5-9-23)27-10-11-28-19/h12-13H,2-11H2,1H3. The first kappa shape index (κ1) is 18.6. The summed E-state index contributed by atoms with van der Waals surface area (Å²) in [7, 11) is 0. The van der Waals surface area contributed by atoms with E-state index < -0.39 is 5.79 Å². The number of aromatic nitrogens is 2. The van der Waals surface area contributed by atoms with Gasteiger partial charge in [-0.1, -0.05) is 6.92 Å². The lowest BCUT2D eigenvalue weighted by atomic mass is 9.98. The summed E-state index contributed by atoms with van der Waals surface area (Å²) >= 11 is 0. The van der Waals surface area contributed by atoms with Crippen LogP contribution in [0.5, 0.6) is 0 Å². The van der Waals surface area contributed by atoms with Gasteiger partial charge in [0.05, 0.1) is 23.8 Å². The molecule has 0 radical (unpaired) electrons. The van der Waals surface area contributed by atoms with Crippen LogP contribution >= 0.6 is 0 Å². The van der Waals surface area contributed by atoms with Crippen molar-refractivity contribution in [3.05, 3.63) is 16.2 Å². The van der Waals surface area contributed by atoms with Crippen molar-refractivity contribution < 1.29 is 19.0 Å². The van der Waals surface area contributed by atoms with E-state index in [1.807, 2.05) is 6.07 Å². The molecule has 10 heteroatoms. The highest BCUT2D eigenvalue weighted by atomic mass is 16.7. The number of nitro benzene ring substituents is 1. The number of fused-ring (bicyclic) bond motifs is 1. The average molecular weight is 403 g/mol. The predicted molar refractivity (Wildman–Crippen MR) is 105 cm³/mol. The molecule has 3 saturated heterocycles. The largest absolute Gasteiger partial charge is 0.369 e. The van der Waals surface area contributed by atoms with Gasteiger partial charge in [0.15, 0.2) is 11.3 Å². The zero-order chi connectivity index (χ0) is 20.0. The second kappa shape index (κ2) is 7.10. The van der Waals surface area contributed by atoms with E-state index in [4.69, 9.17) is 14.1 Å². The molecule has 156 valence electrons. The van der Waals surface area contributed by atoms with Crippen molar-refractivity contribution in [2.75, 3.05) is 49.2 Å². The Morgan fingerprint density at radius 3 is 2.31 bits per heavy atom. The zero-order valence-electron chi connectivity index (χ0n) is 16.5. The Kier molecular flexibility index (Phi) is 4.54. The van der Waals surface area contributed by atoms with Crippen molar-refractivity contribution in [3.63, 3.8) is 0 Å². The lowest BCUT2D eigenvalue weighted by molar-refractivity contribution is -0.382. The Morgan fingerprint density at radius 2 is 1.66 bits per heavy atom. The van der Waals surface area contributed by atoms with Crippen LogP contribution < -0.4 is 9.80 Å². The van der Waals surface area contributed by atoms with Crippen molar-refractivity contribution in [2.45, 2.75) is 38.4 Å². The molecule has 0 atom stereocenters. The van der Waals surface area contributed by atoms with Crippen molar-refractivity contribution in [1.82, 2.24) is 10.3 Å². The average Bonchev–Trinajstić information content (AvgIpc) is 3.38. The fraction of sp³-hybridized carbons (Fsp3) is 0.684. The number of rotatable bonds is 3. The molecule has 0 amide bonds. The van der Waals surface area contributed by atoms with Crippen LogP contribution in [-0.2, 0) is 9.47 Å². The second-order valence-electron chi connectivity index (χ2n) is 8.25. The van der Waals surface area contributed by atoms with Crippen molar-refractivity contribution in [2.24, 2.45) is 5.92 Å². The van der Waals surface area contributed by atoms with E-state index in [2.05, 4.69) is 27.0 Å². The Morgan fingerprint density at radius 1 is 1.03 bits per heavy atom. The lowest BCUT2D eigenvalue weighted by Crippen LogP contribution is -2.45. The number of nitrogens with zero attached hydrogens (tertiary/aromatic N) is 5. The normalized spacial score (nSPS) is 22.7. The molecule has 0 saturated carbocycles. The van der Waals surface area contributed by atoms with Gasteiger partial charge in [0.1, 0.15) is 5.69 Å². The maximum atomic E-state index is 11.9. The Hall–Kier alpha value is -2.46. The second-order valence-corrected chi connectivity index (χ2v) is 8.25. The van der Waals surface area contributed by atoms with E-state index in [1.54, 1.807) is 0 Å². The van der Waals surface area contributed by atoms with Crippen molar-refractivity contribution in [1.29, 1.82) is 0 Å². The number of benzene rings is 1. The van der Waals surface area contributed by atoms with E-state index in [-0.39, 0.29) is 16.1 Å². The monoisotopic (exact) mass is 403 g/mol. The first-order valence-corrected chi connectivity index (χ1v) is 10.3. The number of nitro groups is 1. The van der Waals surface area contributed by atoms with Gasteiger partial charge in [-0.3, -0.25) is 10.1 Å². The molecule has 10 nitrogen and oxygen atoms in total. The van der Waals surface area contributed by atoms with Crippen LogP contribution in [0.4, 0.5) is 17.1 Å². The maximum Gasteiger partial charge on any atom is 0.323 e. The Labute approximate surface area is 167 Å². The molecule has 0 unspecified atom stereocenters. The third-order valence-corrected chi connectivity index (χ3v) is 6.46. The number of anilines is 2. The van der Waals surface area contributed by atoms with Gasteiger partial charge in [0, 0.05) is 39.0 Å². The van der Waals surface area contributed by atoms with E-state index in [9.17, 15) is 10.1 Å². The van der Waals surface area contributed by atoms with E-state index >= 15 is 0 Å². The summed E-state index contributed by atoms with van der Waals surface area (Å²) in [5, 5.41) is 19.8. The number of hydrogen-bond acceptors (Lipinski definition) is 9. The van der Waals surface area contributed by atoms with Gasteiger partial charge in [-0.05, 0) is 35.1 Å². The molecule has 2 aromatic rings. The molecule has 0 bridgehead atoms. The molecule has 3 aliphatic rings.